The average molecular weight is 376 g/mol. The highest BCUT2D eigenvalue weighted by Crippen LogP contribution is 2.23. The van der Waals surface area contributed by atoms with Crippen LogP contribution in [0.5, 0.6) is 0 Å². The fourth-order valence-corrected chi connectivity index (χ4v) is 2.86. The highest BCUT2D eigenvalue weighted by molar-refractivity contribution is 9.13. The monoisotopic (exact) mass is 374 g/mol. The smallest absolute Gasteiger partial charge is 0.107 e. The molecule has 1 aromatic carbocycles. The molecule has 1 aromatic heterocycles. The van der Waals surface area contributed by atoms with Crippen LogP contribution in [-0.4, -0.2) is 4.98 Å². The second-order valence-corrected chi connectivity index (χ2v) is 6.39. The van der Waals surface area contributed by atoms with Gasteiger partial charge in [-0.15, -0.1) is 11.3 Å². The summed E-state index contributed by atoms with van der Waals surface area (Å²) in [6.07, 6.45) is 0. The van der Waals surface area contributed by atoms with Gasteiger partial charge in [-0.25, -0.2) is 4.98 Å². The number of halogens is 2. The van der Waals surface area contributed by atoms with Gasteiger partial charge in [-0.2, -0.15) is 0 Å². The maximum Gasteiger partial charge on any atom is 0.107 e. The Morgan fingerprint density at radius 1 is 1.24 bits per heavy atom. The van der Waals surface area contributed by atoms with Gasteiger partial charge >= 0.3 is 0 Å². The minimum absolute atomic E-state index is 0.826. The molecule has 2 nitrogen and oxygen atoms in total. The van der Waals surface area contributed by atoms with E-state index < -0.39 is 0 Å². The molecule has 1 N–H and O–H groups in total. The fraction of sp³-hybridized carbons (Fsp3) is 0.250. The van der Waals surface area contributed by atoms with Crippen LogP contribution in [0.4, 0.5) is 0 Å². The van der Waals surface area contributed by atoms with Crippen LogP contribution in [0.1, 0.15) is 16.3 Å². The van der Waals surface area contributed by atoms with Crippen molar-refractivity contribution in [1.29, 1.82) is 0 Å². The van der Waals surface area contributed by atoms with Crippen LogP contribution < -0.4 is 5.32 Å². The van der Waals surface area contributed by atoms with Crippen molar-refractivity contribution in [1.82, 2.24) is 10.3 Å². The van der Waals surface area contributed by atoms with E-state index in [0.29, 0.717) is 0 Å². The Bertz CT molecular complexity index is 511. The summed E-state index contributed by atoms with van der Waals surface area (Å²) < 4.78 is 2.17. The van der Waals surface area contributed by atoms with Gasteiger partial charge in [-0.3, -0.25) is 0 Å². The normalized spacial score (nSPS) is 10.8. The highest BCUT2D eigenvalue weighted by Gasteiger charge is 2.00. The fourth-order valence-electron chi connectivity index (χ4n) is 1.45. The molecule has 0 radical (unpaired) electrons. The molecule has 2 aromatic rings. The van der Waals surface area contributed by atoms with E-state index in [0.717, 1.165) is 32.7 Å². The molecule has 0 amide bonds. The number of aryl methyl sites for hydroxylation is 1. The molecule has 0 bridgehead atoms. The Morgan fingerprint density at radius 2 is 2.06 bits per heavy atom. The van der Waals surface area contributed by atoms with Crippen LogP contribution in [-0.2, 0) is 13.1 Å². The molecule has 90 valence electrons. The van der Waals surface area contributed by atoms with Crippen molar-refractivity contribution >= 4 is 43.2 Å². The summed E-state index contributed by atoms with van der Waals surface area (Å²) in [7, 11) is 0. The lowest BCUT2D eigenvalue weighted by atomic mass is 10.2. The Morgan fingerprint density at radius 3 is 2.71 bits per heavy atom. The summed E-state index contributed by atoms with van der Waals surface area (Å²) in [5, 5.41) is 6.60. The Kier molecular flexibility index (Phi) is 4.73. The second kappa shape index (κ2) is 6.09. The van der Waals surface area contributed by atoms with Gasteiger partial charge in [0.15, 0.2) is 0 Å². The number of nitrogens with zero attached hydrogens (tertiary/aromatic N) is 1. The molecule has 1 heterocycles. The van der Waals surface area contributed by atoms with Gasteiger partial charge in [0.05, 0.1) is 0 Å². The lowest BCUT2D eigenvalue weighted by molar-refractivity contribution is 0.688. The van der Waals surface area contributed by atoms with Crippen molar-refractivity contribution < 1.29 is 0 Å². The number of benzene rings is 1. The molecular weight excluding hydrogens is 364 g/mol. The van der Waals surface area contributed by atoms with Crippen molar-refractivity contribution in [3.8, 4) is 0 Å². The number of nitrogens with one attached hydrogen (secondary N) is 1. The maximum absolute atomic E-state index is 4.41. The number of rotatable bonds is 4. The molecule has 17 heavy (non-hydrogen) atoms. The lowest BCUT2D eigenvalue weighted by Crippen LogP contribution is -2.12. The first kappa shape index (κ1) is 13.2. The van der Waals surface area contributed by atoms with Crippen LogP contribution in [0.2, 0.25) is 0 Å². The predicted molar refractivity (Wildman–Crippen MR) is 79.2 cm³/mol. The maximum atomic E-state index is 4.41. The first-order chi connectivity index (χ1) is 8.15. The van der Waals surface area contributed by atoms with E-state index in [2.05, 4.69) is 65.7 Å². The van der Waals surface area contributed by atoms with Crippen LogP contribution in [0.25, 0.3) is 0 Å². The summed E-state index contributed by atoms with van der Waals surface area (Å²) in [6, 6.07) is 6.27. The van der Waals surface area contributed by atoms with Crippen molar-refractivity contribution in [2.45, 2.75) is 20.0 Å². The molecule has 0 saturated heterocycles. The molecule has 0 atom stereocenters. The molecule has 5 heteroatoms. The van der Waals surface area contributed by atoms with Gasteiger partial charge < -0.3 is 5.32 Å². The Balaban J connectivity index is 1.87. The SMILES string of the molecule is Cc1csc(CNCc2ccc(Br)c(Br)c2)n1. The topological polar surface area (TPSA) is 24.9 Å². The molecule has 2 rings (SSSR count). The first-order valence-electron chi connectivity index (χ1n) is 5.21. The minimum atomic E-state index is 0.826. The molecule has 0 aliphatic heterocycles. The second-order valence-electron chi connectivity index (χ2n) is 3.73. The quantitative estimate of drug-likeness (QED) is 0.863. The van der Waals surface area contributed by atoms with Crippen LogP contribution in [0, 0.1) is 6.92 Å². The van der Waals surface area contributed by atoms with Crippen LogP contribution >= 0.6 is 43.2 Å². The average Bonchev–Trinajstić information content (AvgIpc) is 2.70. The summed E-state index contributed by atoms with van der Waals surface area (Å²) in [4.78, 5) is 4.41. The van der Waals surface area contributed by atoms with Gasteiger partial charge in [0.2, 0.25) is 0 Å². The van der Waals surface area contributed by atoms with E-state index in [-0.39, 0.29) is 0 Å². The summed E-state index contributed by atoms with van der Waals surface area (Å²) in [5.74, 6) is 0. The zero-order chi connectivity index (χ0) is 12.3. The Labute approximate surface area is 122 Å². The van der Waals surface area contributed by atoms with Crippen molar-refractivity contribution in [2.24, 2.45) is 0 Å². The molecule has 0 saturated carbocycles. The zero-order valence-corrected chi connectivity index (χ0v) is 13.3. The first-order valence-corrected chi connectivity index (χ1v) is 7.67. The number of hydrogen-bond donors (Lipinski definition) is 1. The third-order valence-corrected chi connectivity index (χ3v) is 5.10. The van der Waals surface area contributed by atoms with Crippen molar-refractivity contribution in [3.63, 3.8) is 0 Å². The van der Waals surface area contributed by atoms with E-state index in [1.807, 2.05) is 6.92 Å². The van der Waals surface area contributed by atoms with E-state index in [1.165, 1.54) is 5.56 Å². The van der Waals surface area contributed by atoms with E-state index >= 15 is 0 Å². The standard InChI is InChI=1S/C12H12Br2N2S/c1-8-7-17-12(16-8)6-15-5-9-2-3-10(13)11(14)4-9/h2-4,7,15H,5-6H2,1H3. The molecule has 0 aliphatic rings. The zero-order valence-electron chi connectivity index (χ0n) is 9.34. The van der Waals surface area contributed by atoms with E-state index in [1.54, 1.807) is 11.3 Å². The Hall–Kier alpha value is -0.230. The van der Waals surface area contributed by atoms with Gasteiger partial charge in [0.1, 0.15) is 5.01 Å². The summed E-state index contributed by atoms with van der Waals surface area (Å²) in [6.45, 7) is 3.70. The predicted octanol–water partition coefficient (Wildman–Crippen LogP) is 4.27. The number of thiazole rings is 1. The van der Waals surface area contributed by atoms with E-state index in [9.17, 15) is 0 Å². The highest BCUT2D eigenvalue weighted by atomic mass is 79.9. The van der Waals surface area contributed by atoms with E-state index in [4.69, 9.17) is 0 Å². The molecule has 0 unspecified atom stereocenters. The third kappa shape index (κ3) is 3.88. The summed E-state index contributed by atoms with van der Waals surface area (Å²) in [5.41, 5.74) is 2.35. The largest absolute Gasteiger partial charge is 0.306 e. The third-order valence-electron chi connectivity index (χ3n) is 2.26. The molecular formula is C12H12Br2N2S. The summed E-state index contributed by atoms with van der Waals surface area (Å²) >= 11 is 8.66. The lowest BCUT2D eigenvalue weighted by Gasteiger charge is -2.04. The van der Waals surface area contributed by atoms with Crippen molar-refractivity contribution in [2.75, 3.05) is 0 Å². The number of hydrogen-bond acceptors (Lipinski definition) is 3. The molecule has 0 fully saturated rings. The van der Waals surface area contributed by atoms with Gasteiger partial charge in [-0.05, 0) is 56.5 Å². The minimum Gasteiger partial charge on any atom is -0.306 e. The number of aromatic nitrogens is 1. The van der Waals surface area contributed by atoms with Gasteiger partial charge in [0, 0.05) is 33.1 Å². The van der Waals surface area contributed by atoms with Crippen LogP contribution in [0.15, 0.2) is 32.5 Å². The van der Waals surface area contributed by atoms with Gasteiger partial charge in [-0.1, -0.05) is 6.07 Å². The van der Waals surface area contributed by atoms with Crippen molar-refractivity contribution in [3.05, 3.63) is 48.8 Å². The molecule has 0 aliphatic carbocycles. The van der Waals surface area contributed by atoms with Gasteiger partial charge in [0.25, 0.3) is 0 Å². The molecule has 0 spiro atoms. The van der Waals surface area contributed by atoms with Crippen LogP contribution in [0.3, 0.4) is 0 Å².